The van der Waals surface area contributed by atoms with Gasteiger partial charge in [0.15, 0.2) is 0 Å². The lowest BCUT2D eigenvalue weighted by Gasteiger charge is -2.04. The van der Waals surface area contributed by atoms with Crippen molar-refractivity contribution in [3.8, 4) is 0 Å². The number of hydrogen-bond acceptors (Lipinski definition) is 5. The number of nitro groups is 1. The van der Waals surface area contributed by atoms with Crippen LogP contribution in [0.15, 0.2) is 11.4 Å². The van der Waals surface area contributed by atoms with Crippen molar-refractivity contribution in [1.82, 2.24) is 10.6 Å². The van der Waals surface area contributed by atoms with Crippen molar-refractivity contribution in [3.05, 3.63) is 27.1 Å². The maximum atomic E-state index is 11.3. The van der Waals surface area contributed by atoms with E-state index in [0.717, 1.165) is 23.3 Å². The summed E-state index contributed by atoms with van der Waals surface area (Å²) in [5.41, 5.74) is 0.876. The van der Waals surface area contributed by atoms with Crippen molar-refractivity contribution in [2.75, 3.05) is 13.1 Å². The minimum absolute atomic E-state index is 0.0284. The molecule has 7 heteroatoms. The molecule has 0 aromatic carbocycles. The first-order valence-corrected chi connectivity index (χ1v) is 6.70. The number of carbonyl (C=O) groups is 1. The van der Waals surface area contributed by atoms with Crippen molar-refractivity contribution < 1.29 is 9.72 Å². The van der Waals surface area contributed by atoms with Gasteiger partial charge in [-0.15, -0.1) is 0 Å². The van der Waals surface area contributed by atoms with E-state index in [-0.39, 0.29) is 10.9 Å². The van der Waals surface area contributed by atoms with Crippen LogP contribution >= 0.6 is 11.3 Å². The van der Waals surface area contributed by atoms with Crippen LogP contribution in [-0.2, 0) is 11.3 Å². The Kier molecular flexibility index (Phi) is 6.31. The first kappa shape index (κ1) is 14.6. The molecule has 0 spiro atoms. The molecule has 1 heterocycles. The summed E-state index contributed by atoms with van der Waals surface area (Å²) in [5, 5.41) is 18.2. The Labute approximate surface area is 110 Å². The van der Waals surface area contributed by atoms with Crippen molar-refractivity contribution in [1.29, 1.82) is 0 Å². The third-order valence-electron chi connectivity index (χ3n) is 2.25. The van der Waals surface area contributed by atoms with Gasteiger partial charge in [0, 0.05) is 37.5 Å². The second-order valence-corrected chi connectivity index (χ2v) is 4.72. The molecule has 1 aromatic rings. The van der Waals surface area contributed by atoms with Crippen LogP contribution in [0.3, 0.4) is 0 Å². The van der Waals surface area contributed by atoms with Gasteiger partial charge in [0.25, 0.3) is 0 Å². The van der Waals surface area contributed by atoms with E-state index in [1.807, 2.05) is 6.92 Å². The smallest absolute Gasteiger partial charge is 0.324 e. The monoisotopic (exact) mass is 271 g/mol. The third kappa shape index (κ3) is 5.24. The summed E-state index contributed by atoms with van der Waals surface area (Å²) in [6.07, 6.45) is 1.35. The molecule has 0 aliphatic heterocycles. The molecule has 1 amide bonds. The predicted molar refractivity (Wildman–Crippen MR) is 70.6 cm³/mol. The number of nitrogens with zero attached hydrogens (tertiary/aromatic N) is 1. The van der Waals surface area contributed by atoms with Crippen LogP contribution in [0.4, 0.5) is 5.00 Å². The fourth-order valence-electron chi connectivity index (χ4n) is 1.34. The normalized spacial score (nSPS) is 10.3. The zero-order chi connectivity index (χ0) is 13.4. The highest BCUT2D eigenvalue weighted by atomic mass is 32.1. The molecule has 0 unspecified atom stereocenters. The molecule has 0 aliphatic carbocycles. The number of nitrogens with one attached hydrogen (secondary N) is 2. The highest BCUT2D eigenvalue weighted by Gasteiger charge is 2.09. The maximum Gasteiger partial charge on any atom is 0.324 e. The number of thiophene rings is 1. The lowest BCUT2D eigenvalue weighted by molar-refractivity contribution is -0.380. The van der Waals surface area contributed by atoms with Crippen LogP contribution in [0, 0.1) is 10.1 Å². The second kappa shape index (κ2) is 7.78. The van der Waals surface area contributed by atoms with Crippen LogP contribution in [0.25, 0.3) is 0 Å². The SMILES string of the molecule is CCCNC(=O)CCNCc1csc([N+](=O)[O-])c1. The lowest BCUT2D eigenvalue weighted by atomic mass is 10.3. The fraction of sp³-hybridized carbons (Fsp3) is 0.545. The summed E-state index contributed by atoms with van der Waals surface area (Å²) < 4.78 is 0. The summed E-state index contributed by atoms with van der Waals surface area (Å²) >= 11 is 1.11. The van der Waals surface area contributed by atoms with Crippen molar-refractivity contribution in [2.24, 2.45) is 0 Å². The van der Waals surface area contributed by atoms with Gasteiger partial charge >= 0.3 is 5.00 Å². The maximum absolute atomic E-state index is 11.3. The third-order valence-corrected chi connectivity index (χ3v) is 3.18. The Morgan fingerprint density at radius 2 is 2.28 bits per heavy atom. The summed E-state index contributed by atoms with van der Waals surface area (Å²) in [5.74, 6) is 0.0284. The average Bonchev–Trinajstić information content (AvgIpc) is 2.81. The highest BCUT2D eigenvalue weighted by Crippen LogP contribution is 2.22. The number of carbonyl (C=O) groups excluding carboxylic acids is 1. The molecular weight excluding hydrogens is 254 g/mol. The molecular formula is C11H17N3O3S. The van der Waals surface area contributed by atoms with E-state index in [4.69, 9.17) is 0 Å². The molecule has 1 rings (SSSR count). The number of amides is 1. The summed E-state index contributed by atoms with van der Waals surface area (Å²) in [4.78, 5) is 21.3. The van der Waals surface area contributed by atoms with E-state index >= 15 is 0 Å². The van der Waals surface area contributed by atoms with E-state index in [9.17, 15) is 14.9 Å². The fourth-order valence-corrected chi connectivity index (χ4v) is 2.07. The first-order valence-electron chi connectivity index (χ1n) is 5.82. The van der Waals surface area contributed by atoms with Crippen LogP contribution < -0.4 is 10.6 Å². The minimum Gasteiger partial charge on any atom is -0.356 e. The van der Waals surface area contributed by atoms with Gasteiger partial charge < -0.3 is 10.6 Å². The Balaban J connectivity index is 2.17. The molecule has 0 atom stereocenters. The number of hydrogen-bond donors (Lipinski definition) is 2. The van der Waals surface area contributed by atoms with Crippen LogP contribution in [-0.4, -0.2) is 23.9 Å². The molecule has 0 aliphatic rings. The van der Waals surface area contributed by atoms with Crippen LogP contribution in [0.1, 0.15) is 25.3 Å². The molecule has 2 N–H and O–H groups in total. The molecule has 0 fully saturated rings. The molecule has 0 bridgehead atoms. The standard InChI is InChI=1S/C11H17N3O3S/c1-2-4-13-10(15)3-5-12-7-9-6-11(14(16)17)18-8-9/h6,8,12H,2-5,7H2,1H3,(H,13,15). The molecule has 0 saturated heterocycles. The second-order valence-electron chi connectivity index (χ2n) is 3.83. The summed E-state index contributed by atoms with van der Waals surface area (Å²) in [6.45, 7) is 3.82. The molecule has 18 heavy (non-hydrogen) atoms. The van der Waals surface area contributed by atoms with E-state index in [1.165, 1.54) is 0 Å². The molecule has 100 valence electrons. The summed E-state index contributed by atoms with van der Waals surface area (Å²) in [6, 6.07) is 1.55. The van der Waals surface area contributed by atoms with Crippen molar-refractivity contribution in [3.63, 3.8) is 0 Å². The average molecular weight is 271 g/mol. The zero-order valence-electron chi connectivity index (χ0n) is 10.3. The molecule has 0 saturated carbocycles. The Bertz CT molecular complexity index is 406. The summed E-state index contributed by atoms with van der Waals surface area (Å²) in [7, 11) is 0. The van der Waals surface area contributed by atoms with Gasteiger partial charge in [0.05, 0.1) is 4.92 Å². The van der Waals surface area contributed by atoms with Gasteiger partial charge in [-0.3, -0.25) is 14.9 Å². The van der Waals surface area contributed by atoms with Gasteiger partial charge in [-0.05, 0) is 12.0 Å². The Hall–Kier alpha value is -1.47. The van der Waals surface area contributed by atoms with Crippen LogP contribution in [0.2, 0.25) is 0 Å². The lowest BCUT2D eigenvalue weighted by Crippen LogP contribution is -2.27. The quantitative estimate of drug-likeness (QED) is 0.428. The van der Waals surface area contributed by atoms with E-state index < -0.39 is 4.92 Å². The topological polar surface area (TPSA) is 84.3 Å². The number of rotatable bonds is 8. The predicted octanol–water partition coefficient (Wildman–Crippen LogP) is 1.66. The van der Waals surface area contributed by atoms with E-state index in [0.29, 0.717) is 26.1 Å². The van der Waals surface area contributed by atoms with Crippen molar-refractivity contribution in [2.45, 2.75) is 26.3 Å². The van der Waals surface area contributed by atoms with Crippen LogP contribution in [0.5, 0.6) is 0 Å². The van der Waals surface area contributed by atoms with Gasteiger partial charge in [-0.1, -0.05) is 18.3 Å². The zero-order valence-corrected chi connectivity index (χ0v) is 11.1. The van der Waals surface area contributed by atoms with Crippen molar-refractivity contribution >= 4 is 22.2 Å². The van der Waals surface area contributed by atoms with Gasteiger partial charge in [0.2, 0.25) is 5.91 Å². The Morgan fingerprint density at radius 3 is 2.89 bits per heavy atom. The van der Waals surface area contributed by atoms with Gasteiger partial charge in [0.1, 0.15) is 0 Å². The Morgan fingerprint density at radius 1 is 1.50 bits per heavy atom. The molecule has 6 nitrogen and oxygen atoms in total. The van der Waals surface area contributed by atoms with E-state index in [2.05, 4.69) is 10.6 Å². The molecule has 1 aromatic heterocycles. The molecule has 0 radical (unpaired) electrons. The largest absolute Gasteiger partial charge is 0.356 e. The highest BCUT2D eigenvalue weighted by molar-refractivity contribution is 7.13. The first-order chi connectivity index (χ1) is 8.63. The minimum atomic E-state index is -0.396. The van der Waals surface area contributed by atoms with Gasteiger partial charge in [-0.2, -0.15) is 0 Å². The van der Waals surface area contributed by atoms with E-state index in [1.54, 1.807) is 11.4 Å². The van der Waals surface area contributed by atoms with Gasteiger partial charge in [-0.25, -0.2) is 0 Å².